The van der Waals surface area contributed by atoms with E-state index in [1.54, 1.807) is 0 Å². The van der Waals surface area contributed by atoms with Crippen molar-refractivity contribution in [1.82, 2.24) is 5.32 Å². The first-order valence-corrected chi connectivity index (χ1v) is 7.33. The molecular formula is C16H25NO4. The molecule has 2 rings (SSSR count). The predicted octanol–water partition coefficient (Wildman–Crippen LogP) is 1.59. The monoisotopic (exact) mass is 295 g/mol. The van der Waals surface area contributed by atoms with Gasteiger partial charge in [0, 0.05) is 12.1 Å². The Kier molecular flexibility index (Phi) is 5.45. The topological polar surface area (TPSA) is 60.0 Å². The molecule has 2 atom stereocenters. The highest BCUT2D eigenvalue weighted by Gasteiger charge is 2.21. The number of rotatable bonds is 6. The molecule has 0 amide bonds. The van der Waals surface area contributed by atoms with E-state index < -0.39 is 6.10 Å². The van der Waals surface area contributed by atoms with E-state index in [9.17, 15) is 5.11 Å². The lowest BCUT2D eigenvalue weighted by atomic mass is 10.1. The molecule has 1 aliphatic rings. The van der Waals surface area contributed by atoms with E-state index in [2.05, 4.69) is 26.1 Å². The third-order valence-corrected chi connectivity index (χ3v) is 3.05. The fourth-order valence-electron chi connectivity index (χ4n) is 1.96. The SMILES string of the molecule is CC(C)(C)NC[C@@H](O)COC[C@@H]1COc2ccccc2O1. The van der Waals surface area contributed by atoms with E-state index in [-0.39, 0.29) is 18.2 Å². The van der Waals surface area contributed by atoms with Gasteiger partial charge < -0.3 is 24.6 Å². The second-order valence-electron chi connectivity index (χ2n) is 6.32. The molecule has 0 saturated carbocycles. The molecule has 1 aromatic rings. The molecule has 0 aromatic heterocycles. The van der Waals surface area contributed by atoms with Gasteiger partial charge in [0.1, 0.15) is 6.61 Å². The van der Waals surface area contributed by atoms with Gasteiger partial charge in [0.15, 0.2) is 17.6 Å². The van der Waals surface area contributed by atoms with Crippen molar-refractivity contribution in [3.05, 3.63) is 24.3 Å². The minimum absolute atomic E-state index is 0.00892. The van der Waals surface area contributed by atoms with Crippen LogP contribution in [-0.4, -0.2) is 49.2 Å². The fraction of sp³-hybridized carbons (Fsp3) is 0.625. The summed E-state index contributed by atoms with van der Waals surface area (Å²) in [4.78, 5) is 0. The molecule has 1 heterocycles. The zero-order valence-electron chi connectivity index (χ0n) is 13.0. The maximum atomic E-state index is 9.84. The van der Waals surface area contributed by atoms with Crippen molar-refractivity contribution in [2.24, 2.45) is 0 Å². The Bertz CT molecular complexity index is 444. The van der Waals surface area contributed by atoms with E-state index in [0.717, 1.165) is 11.5 Å². The average molecular weight is 295 g/mol. The number of β-amino-alcohol motifs (C(OH)–C–C–N with tert-alkyl or cyclic N) is 1. The van der Waals surface area contributed by atoms with Gasteiger partial charge in [0.2, 0.25) is 0 Å². The van der Waals surface area contributed by atoms with Gasteiger partial charge in [-0.2, -0.15) is 0 Å². The maximum absolute atomic E-state index is 9.84. The minimum Gasteiger partial charge on any atom is -0.486 e. The molecule has 2 N–H and O–H groups in total. The number of aliphatic hydroxyl groups is 1. The first-order chi connectivity index (χ1) is 9.94. The quantitative estimate of drug-likeness (QED) is 0.834. The smallest absolute Gasteiger partial charge is 0.161 e. The number of fused-ring (bicyclic) bond motifs is 1. The lowest BCUT2D eigenvalue weighted by Crippen LogP contribution is -2.42. The molecule has 0 spiro atoms. The van der Waals surface area contributed by atoms with Crippen molar-refractivity contribution in [2.45, 2.75) is 38.5 Å². The summed E-state index contributed by atoms with van der Waals surface area (Å²) in [6.45, 7) is 7.84. The van der Waals surface area contributed by atoms with E-state index in [4.69, 9.17) is 14.2 Å². The van der Waals surface area contributed by atoms with Gasteiger partial charge in [-0.05, 0) is 32.9 Å². The van der Waals surface area contributed by atoms with Gasteiger partial charge in [0.05, 0.1) is 19.3 Å². The number of ether oxygens (including phenoxy) is 3. The molecule has 0 fully saturated rings. The van der Waals surface area contributed by atoms with Crippen molar-refractivity contribution in [1.29, 1.82) is 0 Å². The number of para-hydroxylation sites is 2. The Morgan fingerprint density at radius 2 is 2.05 bits per heavy atom. The van der Waals surface area contributed by atoms with Crippen LogP contribution < -0.4 is 14.8 Å². The van der Waals surface area contributed by atoms with Gasteiger partial charge in [-0.15, -0.1) is 0 Å². The van der Waals surface area contributed by atoms with Crippen LogP contribution in [0.2, 0.25) is 0 Å². The van der Waals surface area contributed by atoms with E-state index >= 15 is 0 Å². The van der Waals surface area contributed by atoms with E-state index in [1.165, 1.54) is 0 Å². The molecule has 0 aliphatic carbocycles. The molecule has 5 nitrogen and oxygen atoms in total. The first kappa shape index (κ1) is 16.1. The van der Waals surface area contributed by atoms with Crippen LogP contribution >= 0.6 is 0 Å². The molecule has 0 bridgehead atoms. The number of hydrogen-bond donors (Lipinski definition) is 2. The van der Waals surface area contributed by atoms with E-state index in [1.807, 2.05) is 24.3 Å². The zero-order chi connectivity index (χ0) is 15.3. The number of nitrogens with one attached hydrogen (secondary N) is 1. The highest BCUT2D eigenvalue weighted by molar-refractivity contribution is 5.40. The highest BCUT2D eigenvalue weighted by Crippen LogP contribution is 2.30. The van der Waals surface area contributed by atoms with Crippen LogP contribution in [-0.2, 0) is 4.74 Å². The molecule has 5 heteroatoms. The molecular weight excluding hydrogens is 270 g/mol. The number of aliphatic hydroxyl groups excluding tert-OH is 1. The summed E-state index contributed by atoms with van der Waals surface area (Å²) in [5.74, 6) is 1.51. The molecule has 1 aromatic carbocycles. The zero-order valence-corrected chi connectivity index (χ0v) is 13.0. The molecule has 0 unspecified atom stereocenters. The van der Waals surface area contributed by atoms with Gasteiger partial charge >= 0.3 is 0 Å². The van der Waals surface area contributed by atoms with Crippen molar-refractivity contribution in [3.8, 4) is 11.5 Å². The van der Waals surface area contributed by atoms with Crippen LogP contribution in [0.4, 0.5) is 0 Å². The maximum Gasteiger partial charge on any atom is 0.161 e. The second kappa shape index (κ2) is 7.11. The summed E-state index contributed by atoms with van der Waals surface area (Å²) in [6, 6.07) is 7.59. The van der Waals surface area contributed by atoms with Gasteiger partial charge in [-0.3, -0.25) is 0 Å². The summed E-state index contributed by atoms with van der Waals surface area (Å²) >= 11 is 0. The summed E-state index contributed by atoms with van der Waals surface area (Å²) in [6.07, 6.45) is -0.663. The number of hydrogen-bond acceptors (Lipinski definition) is 5. The van der Waals surface area contributed by atoms with Crippen LogP contribution in [0.1, 0.15) is 20.8 Å². The average Bonchev–Trinajstić information content (AvgIpc) is 2.44. The van der Waals surface area contributed by atoms with Crippen LogP contribution in [0.25, 0.3) is 0 Å². The normalized spacial score (nSPS) is 19.3. The molecule has 21 heavy (non-hydrogen) atoms. The number of benzene rings is 1. The lowest BCUT2D eigenvalue weighted by Gasteiger charge is -2.27. The first-order valence-electron chi connectivity index (χ1n) is 7.33. The summed E-state index contributed by atoms with van der Waals surface area (Å²) < 4.78 is 16.9. The van der Waals surface area contributed by atoms with Crippen molar-refractivity contribution in [2.75, 3.05) is 26.4 Å². The molecule has 1 aliphatic heterocycles. The largest absolute Gasteiger partial charge is 0.486 e. The summed E-state index contributed by atoms with van der Waals surface area (Å²) in [7, 11) is 0. The van der Waals surface area contributed by atoms with Crippen molar-refractivity contribution >= 4 is 0 Å². The van der Waals surface area contributed by atoms with Crippen molar-refractivity contribution < 1.29 is 19.3 Å². The molecule has 0 saturated heterocycles. The molecule has 118 valence electrons. The third-order valence-electron chi connectivity index (χ3n) is 3.05. The Hall–Kier alpha value is -1.30. The van der Waals surface area contributed by atoms with Gasteiger partial charge in [-0.25, -0.2) is 0 Å². The Morgan fingerprint density at radius 3 is 2.76 bits per heavy atom. The van der Waals surface area contributed by atoms with Gasteiger partial charge in [0.25, 0.3) is 0 Å². The van der Waals surface area contributed by atoms with Crippen LogP contribution in [0.5, 0.6) is 11.5 Å². The molecule has 0 radical (unpaired) electrons. The van der Waals surface area contributed by atoms with E-state index in [0.29, 0.717) is 19.8 Å². The fourth-order valence-corrected chi connectivity index (χ4v) is 1.96. The summed E-state index contributed by atoms with van der Waals surface area (Å²) in [5.41, 5.74) is -0.00892. The third kappa shape index (κ3) is 5.53. The van der Waals surface area contributed by atoms with Crippen LogP contribution in [0, 0.1) is 0 Å². The standard InChI is InChI=1S/C16H25NO4/c1-16(2,3)17-8-12(18)9-19-10-13-11-20-14-6-4-5-7-15(14)21-13/h4-7,12-13,17-18H,8-11H2,1-3H3/t12-,13-/m1/s1. The Balaban J connectivity index is 1.66. The van der Waals surface area contributed by atoms with Crippen LogP contribution in [0.3, 0.4) is 0 Å². The predicted molar refractivity (Wildman–Crippen MR) is 80.9 cm³/mol. The van der Waals surface area contributed by atoms with Crippen molar-refractivity contribution in [3.63, 3.8) is 0 Å². The minimum atomic E-state index is -0.527. The summed E-state index contributed by atoms with van der Waals surface area (Å²) in [5, 5.41) is 13.1. The highest BCUT2D eigenvalue weighted by atomic mass is 16.6. The Morgan fingerprint density at radius 1 is 1.33 bits per heavy atom. The second-order valence-corrected chi connectivity index (χ2v) is 6.32. The Labute approximate surface area is 126 Å². The lowest BCUT2D eigenvalue weighted by molar-refractivity contribution is -0.0221. The van der Waals surface area contributed by atoms with Crippen LogP contribution in [0.15, 0.2) is 24.3 Å². The van der Waals surface area contributed by atoms with Gasteiger partial charge in [-0.1, -0.05) is 12.1 Å².